The van der Waals surface area contributed by atoms with Gasteiger partial charge in [-0.25, -0.2) is 18.1 Å². The molecule has 1 fully saturated rings. The molecule has 1 unspecified atom stereocenters. The Kier molecular flexibility index (Phi) is 2.25. The number of fused-ring (bicyclic) bond motifs is 1. The van der Waals surface area contributed by atoms with Gasteiger partial charge in [0.15, 0.2) is 5.82 Å². The minimum absolute atomic E-state index is 0.167. The Hall–Kier alpha value is -0.950. The SMILES string of the molecule is O=S1(=O)CCCn2nc(C3CCNC3)nc21. The molecule has 0 aliphatic carbocycles. The molecular weight excluding hydrogens is 228 g/mol. The highest BCUT2D eigenvalue weighted by molar-refractivity contribution is 7.91. The number of rotatable bonds is 1. The first-order chi connectivity index (χ1) is 7.67. The van der Waals surface area contributed by atoms with Gasteiger partial charge in [0.25, 0.3) is 0 Å². The molecule has 0 bridgehead atoms. The molecule has 6 nitrogen and oxygen atoms in total. The van der Waals surface area contributed by atoms with E-state index < -0.39 is 9.84 Å². The quantitative estimate of drug-likeness (QED) is 0.720. The van der Waals surface area contributed by atoms with Crippen LogP contribution in [0.4, 0.5) is 0 Å². The molecular formula is C9H14N4O2S. The number of sulfone groups is 1. The van der Waals surface area contributed by atoms with Gasteiger partial charge in [0.2, 0.25) is 15.0 Å². The van der Waals surface area contributed by atoms with Crippen molar-refractivity contribution in [2.24, 2.45) is 0 Å². The van der Waals surface area contributed by atoms with Crippen molar-refractivity contribution in [1.29, 1.82) is 0 Å². The molecule has 0 spiro atoms. The molecule has 1 N–H and O–H groups in total. The van der Waals surface area contributed by atoms with E-state index in [1.165, 1.54) is 0 Å². The lowest BCUT2D eigenvalue weighted by atomic mass is 10.1. The summed E-state index contributed by atoms with van der Waals surface area (Å²) in [6.45, 7) is 2.48. The fourth-order valence-corrected chi connectivity index (χ4v) is 3.64. The van der Waals surface area contributed by atoms with Gasteiger partial charge in [0.1, 0.15) is 0 Å². The standard InChI is InChI=1S/C9H14N4O2S/c14-16(15)5-1-4-13-9(16)11-8(12-13)7-2-3-10-6-7/h7,10H,1-6H2. The van der Waals surface area contributed by atoms with Crippen molar-refractivity contribution in [2.75, 3.05) is 18.8 Å². The van der Waals surface area contributed by atoms with Crippen LogP contribution in [0.2, 0.25) is 0 Å². The summed E-state index contributed by atoms with van der Waals surface area (Å²) >= 11 is 0. The highest BCUT2D eigenvalue weighted by atomic mass is 32.2. The summed E-state index contributed by atoms with van der Waals surface area (Å²) in [6, 6.07) is 0. The van der Waals surface area contributed by atoms with Crippen LogP contribution in [-0.4, -0.2) is 42.0 Å². The zero-order chi connectivity index (χ0) is 11.2. The van der Waals surface area contributed by atoms with Crippen LogP contribution in [0.25, 0.3) is 0 Å². The van der Waals surface area contributed by atoms with Crippen molar-refractivity contribution in [1.82, 2.24) is 20.1 Å². The predicted molar refractivity (Wildman–Crippen MR) is 56.9 cm³/mol. The van der Waals surface area contributed by atoms with E-state index in [9.17, 15) is 8.42 Å². The van der Waals surface area contributed by atoms with Crippen molar-refractivity contribution in [3.05, 3.63) is 5.82 Å². The molecule has 1 saturated heterocycles. The zero-order valence-electron chi connectivity index (χ0n) is 8.89. The summed E-state index contributed by atoms with van der Waals surface area (Å²) in [5.41, 5.74) is 0. The Balaban J connectivity index is 2.02. The molecule has 0 amide bonds. The second-order valence-electron chi connectivity index (χ2n) is 4.34. The summed E-state index contributed by atoms with van der Waals surface area (Å²) in [7, 11) is -3.18. The molecule has 16 heavy (non-hydrogen) atoms. The molecule has 1 atom stereocenters. The number of hydrogen-bond donors (Lipinski definition) is 1. The molecule has 88 valence electrons. The Morgan fingerprint density at radius 2 is 2.31 bits per heavy atom. The van der Waals surface area contributed by atoms with Crippen LogP contribution < -0.4 is 5.32 Å². The van der Waals surface area contributed by atoms with Crippen molar-refractivity contribution < 1.29 is 8.42 Å². The van der Waals surface area contributed by atoms with Crippen LogP contribution >= 0.6 is 0 Å². The molecule has 3 heterocycles. The average Bonchev–Trinajstić information content (AvgIpc) is 2.84. The van der Waals surface area contributed by atoms with Gasteiger partial charge in [-0.2, -0.15) is 5.10 Å². The van der Waals surface area contributed by atoms with Crippen molar-refractivity contribution in [3.8, 4) is 0 Å². The van der Waals surface area contributed by atoms with E-state index in [0.29, 0.717) is 18.8 Å². The van der Waals surface area contributed by atoms with Crippen LogP contribution in [0.3, 0.4) is 0 Å². The first-order valence-electron chi connectivity index (χ1n) is 5.55. The molecule has 7 heteroatoms. The summed E-state index contributed by atoms with van der Waals surface area (Å²) < 4.78 is 25.1. The largest absolute Gasteiger partial charge is 0.316 e. The number of aromatic nitrogens is 3. The van der Waals surface area contributed by atoms with Crippen LogP contribution in [0, 0.1) is 0 Å². The molecule has 0 radical (unpaired) electrons. The van der Waals surface area contributed by atoms with Gasteiger partial charge >= 0.3 is 0 Å². The molecule has 2 aliphatic heterocycles. The third-order valence-electron chi connectivity index (χ3n) is 3.14. The van der Waals surface area contributed by atoms with Crippen LogP contribution in [0.5, 0.6) is 0 Å². The van der Waals surface area contributed by atoms with E-state index in [2.05, 4.69) is 15.4 Å². The summed E-state index contributed by atoms with van der Waals surface area (Å²) in [5, 5.41) is 7.72. The van der Waals surface area contributed by atoms with E-state index in [1.54, 1.807) is 4.68 Å². The lowest BCUT2D eigenvalue weighted by Gasteiger charge is -2.11. The normalized spacial score (nSPS) is 27.9. The van der Waals surface area contributed by atoms with Crippen molar-refractivity contribution in [2.45, 2.75) is 30.5 Å². The number of nitrogens with zero attached hydrogens (tertiary/aromatic N) is 3. The van der Waals surface area contributed by atoms with E-state index in [0.717, 1.165) is 19.5 Å². The van der Waals surface area contributed by atoms with E-state index in [4.69, 9.17) is 0 Å². The molecule has 0 saturated carbocycles. The number of aryl methyl sites for hydroxylation is 1. The summed E-state index contributed by atoms with van der Waals surface area (Å²) in [4.78, 5) is 4.21. The Bertz CT molecular complexity index is 502. The van der Waals surface area contributed by atoms with Gasteiger partial charge < -0.3 is 5.32 Å². The van der Waals surface area contributed by atoms with Gasteiger partial charge in [0, 0.05) is 19.0 Å². The maximum atomic E-state index is 11.8. The van der Waals surface area contributed by atoms with Crippen molar-refractivity contribution >= 4 is 9.84 Å². The number of nitrogens with one attached hydrogen (secondary N) is 1. The monoisotopic (exact) mass is 242 g/mol. The van der Waals surface area contributed by atoms with E-state index >= 15 is 0 Å². The average molecular weight is 242 g/mol. The summed E-state index contributed by atoms with van der Waals surface area (Å²) in [6.07, 6.45) is 1.63. The second-order valence-corrected chi connectivity index (χ2v) is 6.34. The third kappa shape index (κ3) is 1.54. The summed E-state index contributed by atoms with van der Waals surface area (Å²) in [5.74, 6) is 1.16. The van der Waals surface area contributed by atoms with E-state index in [-0.39, 0.29) is 16.8 Å². The molecule has 0 aromatic carbocycles. The van der Waals surface area contributed by atoms with Crippen LogP contribution in [0.1, 0.15) is 24.6 Å². The highest BCUT2D eigenvalue weighted by Crippen LogP contribution is 2.23. The zero-order valence-corrected chi connectivity index (χ0v) is 9.70. The minimum atomic E-state index is -3.18. The smallest absolute Gasteiger partial charge is 0.245 e. The fourth-order valence-electron chi connectivity index (χ4n) is 2.26. The van der Waals surface area contributed by atoms with Gasteiger partial charge in [-0.05, 0) is 19.4 Å². The van der Waals surface area contributed by atoms with Crippen molar-refractivity contribution in [3.63, 3.8) is 0 Å². The molecule has 1 aromatic rings. The second kappa shape index (κ2) is 3.53. The first kappa shape index (κ1) is 10.2. The van der Waals surface area contributed by atoms with Gasteiger partial charge in [-0.3, -0.25) is 0 Å². The van der Waals surface area contributed by atoms with Crippen LogP contribution in [0.15, 0.2) is 5.16 Å². The topological polar surface area (TPSA) is 76.9 Å². The Morgan fingerprint density at radius 1 is 1.44 bits per heavy atom. The lowest BCUT2D eigenvalue weighted by Crippen LogP contribution is -2.22. The van der Waals surface area contributed by atoms with Gasteiger partial charge in [-0.15, -0.1) is 0 Å². The van der Waals surface area contributed by atoms with Crippen LogP contribution in [-0.2, 0) is 16.4 Å². The fraction of sp³-hybridized carbons (Fsp3) is 0.778. The molecule has 3 rings (SSSR count). The number of hydrogen-bond acceptors (Lipinski definition) is 5. The molecule has 2 aliphatic rings. The maximum Gasteiger partial charge on any atom is 0.245 e. The lowest BCUT2D eigenvalue weighted by molar-refractivity contribution is 0.491. The predicted octanol–water partition coefficient (Wildman–Crippen LogP) is -0.468. The third-order valence-corrected chi connectivity index (χ3v) is 4.83. The molecule has 1 aromatic heterocycles. The van der Waals surface area contributed by atoms with Gasteiger partial charge in [0.05, 0.1) is 5.75 Å². The van der Waals surface area contributed by atoms with Gasteiger partial charge in [-0.1, -0.05) is 0 Å². The highest BCUT2D eigenvalue weighted by Gasteiger charge is 2.30. The Morgan fingerprint density at radius 3 is 3.00 bits per heavy atom. The minimum Gasteiger partial charge on any atom is -0.316 e. The first-order valence-corrected chi connectivity index (χ1v) is 7.20. The Labute approximate surface area is 94.0 Å². The maximum absolute atomic E-state index is 11.8. The van der Waals surface area contributed by atoms with E-state index in [1.807, 2.05) is 0 Å².